The maximum absolute atomic E-state index is 4.59. The van der Waals surface area contributed by atoms with Gasteiger partial charge in [-0.1, -0.05) is 48.2 Å². The molecule has 0 N–H and O–H groups in total. The molecule has 0 spiro atoms. The van der Waals surface area contributed by atoms with Crippen molar-refractivity contribution in [2.45, 2.75) is 9.79 Å². The van der Waals surface area contributed by atoms with Gasteiger partial charge < -0.3 is 5.32 Å². The Labute approximate surface area is 116 Å². The van der Waals surface area contributed by atoms with Gasteiger partial charge in [0, 0.05) is 0 Å². The molecule has 0 aliphatic carbocycles. The molecule has 1 nitrogen and oxygen atoms in total. The molecule has 0 aromatic heterocycles. The Hall–Kier alpha value is -0.410. The van der Waals surface area contributed by atoms with E-state index in [1.165, 1.54) is 9.79 Å². The molecule has 1 heterocycles. The molecule has 0 amide bonds. The third kappa shape index (κ3) is 2.08. The molecule has 68 valence electrons. The van der Waals surface area contributed by atoms with Gasteiger partial charge in [-0.05, 0) is 21.9 Å². The van der Waals surface area contributed by atoms with Crippen molar-refractivity contribution in [3.63, 3.8) is 0 Å². The van der Waals surface area contributed by atoms with E-state index in [9.17, 15) is 0 Å². The summed E-state index contributed by atoms with van der Waals surface area (Å²) >= 11 is 1.79. The van der Waals surface area contributed by atoms with Crippen LogP contribution in [0.15, 0.2) is 58.3 Å². The summed E-state index contributed by atoms with van der Waals surface area (Å²) in [4.78, 5) is 2.48. The minimum atomic E-state index is 0. The Kier molecular flexibility index (Phi) is 3.42. The van der Waals surface area contributed by atoms with Gasteiger partial charge in [0.05, 0.1) is 0 Å². The van der Waals surface area contributed by atoms with Crippen LogP contribution in [0.3, 0.4) is 0 Å². The molecule has 0 saturated carbocycles. The van der Waals surface area contributed by atoms with Crippen LogP contribution in [0.1, 0.15) is 0 Å². The van der Waals surface area contributed by atoms with E-state index >= 15 is 0 Å². The molecule has 0 unspecified atom stereocenters. The maximum atomic E-state index is 4.59. The van der Waals surface area contributed by atoms with Crippen molar-refractivity contribution < 1.29 is 29.6 Å². The molecule has 0 atom stereocenters. The Morgan fingerprint density at radius 3 is 1.73 bits per heavy atom. The predicted molar refractivity (Wildman–Crippen MR) is 59.7 cm³/mol. The average molecular weight is 221 g/mol. The Morgan fingerprint density at radius 2 is 1.20 bits per heavy atom. The third-order valence-corrected chi connectivity index (χ3v) is 3.32. The number of rotatable bonds is 0. The predicted octanol–water partition coefficient (Wildman–Crippen LogP) is 1.49. The first-order valence-corrected chi connectivity index (χ1v) is 5.33. The zero-order chi connectivity index (χ0) is 9.38. The van der Waals surface area contributed by atoms with Gasteiger partial charge in [-0.3, -0.25) is 0 Å². The molecule has 0 radical (unpaired) electrons. The second kappa shape index (κ2) is 4.62. The molecular weight excluding hydrogens is 213 g/mol. The molecule has 0 fully saturated rings. The van der Waals surface area contributed by atoms with Crippen molar-refractivity contribution in [3.05, 3.63) is 53.8 Å². The van der Waals surface area contributed by atoms with Gasteiger partial charge in [-0.15, -0.1) is 11.4 Å². The van der Waals surface area contributed by atoms with Crippen LogP contribution in [0.4, 0.5) is 11.4 Å². The molecule has 2 aromatic carbocycles. The van der Waals surface area contributed by atoms with Gasteiger partial charge in [0.1, 0.15) is 0 Å². The molecule has 1 aliphatic heterocycles. The van der Waals surface area contributed by atoms with Gasteiger partial charge in [-0.2, -0.15) is 0 Å². The van der Waals surface area contributed by atoms with Crippen molar-refractivity contribution >= 4 is 23.1 Å². The van der Waals surface area contributed by atoms with Crippen molar-refractivity contribution in [2.75, 3.05) is 0 Å². The molecule has 15 heavy (non-hydrogen) atoms. The summed E-state index contributed by atoms with van der Waals surface area (Å²) in [7, 11) is 0. The van der Waals surface area contributed by atoms with Crippen LogP contribution in [0.5, 0.6) is 0 Å². The van der Waals surface area contributed by atoms with Crippen LogP contribution < -0.4 is 29.6 Å². The number of fused-ring (bicyclic) bond motifs is 2. The monoisotopic (exact) mass is 221 g/mol. The van der Waals surface area contributed by atoms with Crippen LogP contribution in [0, 0.1) is 0 Å². The maximum Gasteiger partial charge on any atom is 1.00 e. The molecule has 3 heteroatoms. The summed E-state index contributed by atoms with van der Waals surface area (Å²) in [5, 5.41) is 4.59. The SMILES string of the molecule is [Na+].c1ccc2c(c1)[N-]c1ccccc1S2. The number of benzene rings is 2. The quantitative estimate of drug-likeness (QED) is 0.525. The summed E-state index contributed by atoms with van der Waals surface area (Å²) in [5.41, 5.74) is 2.16. The standard InChI is InChI=1S/C12H8NS.Na/c1-3-7-11-9(5-1)13-10-6-2-4-8-12(10)14-11;/h1-8H;/q-1;+1. The van der Waals surface area contributed by atoms with E-state index in [0.29, 0.717) is 0 Å². The number of hydrogen-bond acceptors (Lipinski definition) is 1. The first kappa shape index (κ1) is 11.1. The van der Waals surface area contributed by atoms with E-state index in [-0.39, 0.29) is 29.6 Å². The van der Waals surface area contributed by atoms with Crippen molar-refractivity contribution in [1.82, 2.24) is 0 Å². The van der Waals surface area contributed by atoms with E-state index < -0.39 is 0 Å². The topological polar surface area (TPSA) is 14.1 Å². The van der Waals surface area contributed by atoms with Crippen LogP contribution in [-0.2, 0) is 0 Å². The molecule has 1 aliphatic rings. The normalized spacial score (nSPS) is 11.7. The van der Waals surface area contributed by atoms with Crippen LogP contribution in [0.25, 0.3) is 5.32 Å². The van der Waals surface area contributed by atoms with Crippen LogP contribution >= 0.6 is 11.8 Å². The first-order chi connectivity index (χ1) is 6.93. The summed E-state index contributed by atoms with van der Waals surface area (Å²) < 4.78 is 0. The first-order valence-electron chi connectivity index (χ1n) is 4.51. The number of nitrogens with zero attached hydrogens (tertiary/aromatic N) is 1. The fourth-order valence-corrected chi connectivity index (χ4v) is 2.49. The Bertz CT molecular complexity index is 397. The van der Waals surface area contributed by atoms with Gasteiger partial charge in [0.15, 0.2) is 0 Å². The molecule has 2 aromatic rings. The van der Waals surface area contributed by atoms with Gasteiger partial charge in [0.2, 0.25) is 0 Å². The van der Waals surface area contributed by atoms with Gasteiger partial charge >= 0.3 is 29.6 Å². The second-order valence-corrected chi connectivity index (χ2v) is 4.23. The zero-order valence-electron chi connectivity index (χ0n) is 8.47. The summed E-state index contributed by atoms with van der Waals surface area (Å²) in [5.74, 6) is 0. The summed E-state index contributed by atoms with van der Waals surface area (Å²) in [6.45, 7) is 0. The fraction of sp³-hybridized carbons (Fsp3) is 0. The largest absolute Gasteiger partial charge is 1.00 e. The zero-order valence-corrected chi connectivity index (χ0v) is 11.3. The van der Waals surface area contributed by atoms with Crippen molar-refractivity contribution in [1.29, 1.82) is 0 Å². The van der Waals surface area contributed by atoms with Crippen LogP contribution in [0.2, 0.25) is 0 Å². The van der Waals surface area contributed by atoms with Crippen molar-refractivity contribution in [2.24, 2.45) is 0 Å². The van der Waals surface area contributed by atoms with Crippen molar-refractivity contribution in [3.8, 4) is 0 Å². The molecule has 0 saturated heterocycles. The van der Waals surface area contributed by atoms with E-state index in [2.05, 4.69) is 41.7 Å². The minimum Gasteiger partial charge on any atom is -0.656 e. The minimum absolute atomic E-state index is 0. The van der Waals surface area contributed by atoms with E-state index in [1.807, 2.05) is 12.1 Å². The fourth-order valence-electron chi connectivity index (χ4n) is 1.52. The Morgan fingerprint density at radius 1 is 0.733 bits per heavy atom. The smallest absolute Gasteiger partial charge is 0.656 e. The van der Waals surface area contributed by atoms with Gasteiger partial charge in [-0.25, -0.2) is 0 Å². The van der Waals surface area contributed by atoms with E-state index in [0.717, 1.165) is 11.4 Å². The Balaban J connectivity index is 0.000000853. The average Bonchev–Trinajstić information content (AvgIpc) is 2.26. The van der Waals surface area contributed by atoms with E-state index in [4.69, 9.17) is 0 Å². The van der Waals surface area contributed by atoms with E-state index in [1.54, 1.807) is 11.8 Å². The number of para-hydroxylation sites is 2. The molecular formula is C12H8NNaS. The third-order valence-electron chi connectivity index (χ3n) is 2.19. The van der Waals surface area contributed by atoms with Crippen LogP contribution in [-0.4, -0.2) is 0 Å². The van der Waals surface area contributed by atoms with Gasteiger partial charge in [0.25, 0.3) is 0 Å². The summed E-state index contributed by atoms with van der Waals surface area (Å²) in [6, 6.07) is 16.5. The second-order valence-electron chi connectivity index (χ2n) is 3.15. The molecule has 3 rings (SSSR count). The summed E-state index contributed by atoms with van der Waals surface area (Å²) in [6.07, 6.45) is 0. The molecule has 0 bridgehead atoms. The number of hydrogen-bond donors (Lipinski definition) is 0.